The molecule has 1 aliphatic heterocycles. The highest BCUT2D eigenvalue weighted by Gasteiger charge is 2.21. The van der Waals surface area contributed by atoms with Crippen molar-refractivity contribution in [3.05, 3.63) is 65.9 Å². The Labute approximate surface area is 169 Å². The van der Waals surface area contributed by atoms with E-state index in [9.17, 15) is 4.79 Å². The molecule has 0 unspecified atom stereocenters. The molecule has 2 aromatic heterocycles. The molecule has 0 bridgehead atoms. The lowest BCUT2D eigenvalue weighted by Crippen LogP contribution is -2.47. The zero-order valence-corrected chi connectivity index (χ0v) is 16.5. The van der Waals surface area contributed by atoms with E-state index in [1.807, 2.05) is 38.1 Å². The number of piperazine rings is 1. The van der Waals surface area contributed by atoms with Gasteiger partial charge in [0.1, 0.15) is 17.8 Å². The van der Waals surface area contributed by atoms with Gasteiger partial charge in [0.05, 0.1) is 0 Å². The topological polar surface area (TPSA) is 87.1 Å². The third-order valence-corrected chi connectivity index (χ3v) is 5.18. The van der Waals surface area contributed by atoms with Gasteiger partial charge >= 0.3 is 0 Å². The van der Waals surface area contributed by atoms with Crippen molar-refractivity contribution in [1.82, 2.24) is 19.9 Å². The van der Waals surface area contributed by atoms with Gasteiger partial charge in [0, 0.05) is 50.3 Å². The van der Waals surface area contributed by atoms with Crippen LogP contribution in [-0.4, -0.2) is 52.0 Å². The van der Waals surface area contributed by atoms with E-state index in [2.05, 4.69) is 35.1 Å². The Kier molecular flexibility index (Phi) is 5.33. The number of amides is 1. The van der Waals surface area contributed by atoms with Crippen molar-refractivity contribution in [2.75, 3.05) is 41.3 Å². The van der Waals surface area contributed by atoms with Crippen LogP contribution in [0.1, 0.15) is 21.6 Å². The second-order valence-corrected chi connectivity index (χ2v) is 6.99. The Morgan fingerprint density at radius 2 is 1.66 bits per heavy atom. The molecule has 0 spiro atoms. The van der Waals surface area contributed by atoms with Crippen molar-refractivity contribution in [2.45, 2.75) is 13.8 Å². The molecule has 0 radical (unpaired) electrons. The van der Waals surface area contributed by atoms with E-state index < -0.39 is 0 Å². The van der Waals surface area contributed by atoms with Crippen LogP contribution in [0.25, 0.3) is 0 Å². The standard InChI is InChI=1S/C21H23N7O/c1-15-5-3-6-17(16(15)2)26-20(29)18-13-19(25-14-24-18)27-9-11-28(12-10-27)21-22-7-4-8-23-21/h3-8,13-14H,9-12H2,1-2H3,(H,26,29). The first-order valence-corrected chi connectivity index (χ1v) is 9.58. The highest BCUT2D eigenvalue weighted by Crippen LogP contribution is 2.20. The number of hydrogen-bond acceptors (Lipinski definition) is 7. The molecule has 8 nitrogen and oxygen atoms in total. The first kappa shape index (κ1) is 18.8. The maximum Gasteiger partial charge on any atom is 0.274 e. The molecule has 1 aliphatic rings. The summed E-state index contributed by atoms with van der Waals surface area (Å²) in [7, 11) is 0. The summed E-state index contributed by atoms with van der Waals surface area (Å²) >= 11 is 0. The fourth-order valence-corrected chi connectivity index (χ4v) is 3.31. The number of rotatable bonds is 4. The van der Waals surface area contributed by atoms with Gasteiger partial charge in [0.15, 0.2) is 0 Å². The fraction of sp³-hybridized carbons (Fsp3) is 0.286. The molecule has 1 N–H and O–H groups in total. The zero-order chi connectivity index (χ0) is 20.2. The van der Waals surface area contributed by atoms with E-state index >= 15 is 0 Å². The van der Waals surface area contributed by atoms with Crippen molar-refractivity contribution in [2.24, 2.45) is 0 Å². The number of nitrogens with zero attached hydrogens (tertiary/aromatic N) is 6. The molecule has 1 amide bonds. The van der Waals surface area contributed by atoms with Crippen LogP contribution in [0.3, 0.4) is 0 Å². The predicted octanol–water partition coefficient (Wildman–Crippen LogP) is 2.46. The van der Waals surface area contributed by atoms with E-state index in [1.54, 1.807) is 18.5 Å². The minimum Gasteiger partial charge on any atom is -0.353 e. The summed E-state index contributed by atoms with van der Waals surface area (Å²) in [5, 5.41) is 2.95. The SMILES string of the molecule is Cc1cccc(NC(=O)c2cc(N3CCN(c4ncccn4)CC3)ncn2)c1C. The highest BCUT2D eigenvalue weighted by molar-refractivity contribution is 6.03. The Morgan fingerprint density at radius 3 is 2.41 bits per heavy atom. The molecule has 1 saturated heterocycles. The average molecular weight is 389 g/mol. The second-order valence-electron chi connectivity index (χ2n) is 6.99. The smallest absolute Gasteiger partial charge is 0.274 e. The first-order valence-electron chi connectivity index (χ1n) is 9.58. The second kappa shape index (κ2) is 8.22. The Morgan fingerprint density at radius 1 is 0.931 bits per heavy atom. The summed E-state index contributed by atoms with van der Waals surface area (Å²) in [5.41, 5.74) is 3.33. The first-order chi connectivity index (χ1) is 14.1. The monoisotopic (exact) mass is 389 g/mol. The summed E-state index contributed by atoms with van der Waals surface area (Å²) in [6.45, 7) is 7.14. The molecule has 0 aliphatic carbocycles. The number of anilines is 3. The summed E-state index contributed by atoms with van der Waals surface area (Å²) in [6, 6.07) is 9.40. The van der Waals surface area contributed by atoms with Gasteiger partial charge in [0.25, 0.3) is 5.91 Å². The third-order valence-electron chi connectivity index (χ3n) is 5.18. The van der Waals surface area contributed by atoms with E-state index in [0.29, 0.717) is 5.69 Å². The van der Waals surface area contributed by atoms with E-state index in [1.165, 1.54) is 6.33 Å². The van der Waals surface area contributed by atoms with Gasteiger partial charge in [-0.3, -0.25) is 4.79 Å². The molecular formula is C21H23N7O. The number of aromatic nitrogens is 4. The maximum atomic E-state index is 12.7. The molecule has 3 aromatic rings. The molecule has 1 aromatic carbocycles. The van der Waals surface area contributed by atoms with Gasteiger partial charge in [-0.25, -0.2) is 19.9 Å². The summed E-state index contributed by atoms with van der Waals surface area (Å²) < 4.78 is 0. The lowest BCUT2D eigenvalue weighted by atomic mass is 10.1. The van der Waals surface area contributed by atoms with Crippen molar-refractivity contribution in [3.8, 4) is 0 Å². The summed E-state index contributed by atoms with van der Waals surface area (Å²) in [4.78, 5) is 34.1. The van der Waals surface area contributed by atoms with Gasteiger partial charge < -0.3 is 15.1 Å². The Balaban J connectivity index is 1.44. The molecule has 3 heterocycles. The van der Waals surface area contributed by atoms with Crippen molar-refractivity contribution in [3.63, 3.8) is 0 Å². The van der Waals surface area contributed by atoms with Crippen molar-refractivity contribution < 1.29 is 4.79 Å². The quantitative estimate of drug-likeness (QED) is 0.733. The summed E-state index contributed by atoms with van der Waals surface area (Å²) in [5.74, 6) is 1.25. The van der Waals surface area contributed by atoms with E-state index in [0.717, 1.165) is 54.8 Å². The van der Waals surface area contributed by atoms with Gasteiger partial charge in [-0.2, -0.15) is 0 Å². The number of aryl methyl sites for hydroxylation is 1. The van der Waals surface area contributed by atoms with Crippen LogP contribution >= 0.6 is 0 Å². The maximum absolute atomic E-state index is 12.7. The number of hydrogen-bond donors (Lipinski definition) is 1. The third kappa shape index (κ3) is 4.16. The lowest BCUT2D eigenvalue weighted by molar-refractivity contribution is 0.102. The average Bonchev–Trinajstić information content (AvgIpc) is 2.78. The fourth-order valence-electron chi connectivity index (χ4n) is 3.31. The molecule has 1 fully saturated rings. The minimum atomic E-state index is -0.237. The normalized spacial score (nSPS) is 14.0. The van der Waals surface area contributed by atoms with E-state index in [4.69, 9.17) is 0 Å². The van der Waals surface area contributed by atoms with Gasteiger partial charge in [-0.05, 0) is 37.1 Å². The molecular weight excluding hydrogens is 366 g/mol. The van der Waals surface area contributed by atoms with E-state index in [-0.39, 0.29) is 5.91 Å². The highest BCUT2D eigenvalue weighted by atomic mass is 16.1. The molecule has 148 valence electrons. The minimum absolute atomic E-state index is 0.237. The Hall–Kier alpha value is -3.55. The number of benzene rings is 1. The number of nitrogens with one attached hydrogen (secondary N) is 1. The van der Waals surface area contributed by atoms with Crippen molar-refractivity contribution in [1.29, 1.82) is 0 Å². The van der Waals surface area contributed by atoms with Gasteiger partial charge in [0.2, 0.25) is 5.95 Å². The number of carbonyl (C=O) groups excluding carboxylic acids is 1. The molecule has 8 heteroatoms. The molecule has 0 saturated carbocycles. The van der Waals surface area contributed by atoms with Crippen LogP contribution in [0.4, 0.5) is 17.5 Å². The van der Waals surface area contributed by atoms with Crippen LogP contribution in [0, 0.1) is 13.8 Å². The van der Waals surface area contributed by atoms with Crippen molar-refractivity contribution >= 4 is 23.4 Å². The lowest BCUT2D eigenvalue weighted by Gasteiger charge is -2.35. The molecule has 29 heavy (non-hydrogen) atoms. The largest absolute Gasteiger partial charge is 0.353 e. The van der Waals surface area contributed by atoms with Gasteiger partial charge in [-0.1, -0.05) is 12.1 Å². The van der Waals surface area contributed by atoms with Crippen LogP contribution in [0.5, 0.6) is 0 Å². The van der Waals surface area contributed by atoms with Gasteiger partial charge in [-0.15, -0.1) is 0 Å². The van der Waals surface area contributed by atoms with Crippen LogP contribution in [0.15, 0.2) is 49.1 Å². The Bertz CT molecular complexity index is 1000. The number of carbonyl (C=O) groups is 1. The zero-order valence-electron chi connectivity index (χ0n) is 16.5. The summed E-state index contributed by atoms with van der Waals surface area (Å²) in [6.07, 6.45) is 4.94. The predicted molar refractivity (Wildman–Crippen MR) is 112 cm³/mol. The van der Waals surface area contributed by atoms with Crippen LogP contribution < -0.4 is 15.1 Å². The molecule has 4 rings (SSSR count). The van der Waals surface area contributed by atoms with Crippen LogP contribution in [-0.2, 0) is 0 Å². The molecule has 0 atom stereocenters. The van der Waals surface area contributed by atoms with Crippen LogP contribution in [0.2, 0.25) is 0 Å².